The first-order chi connectivity index (χ1) is 12.5. The van der Waals surface area contributed by atoms with Crippen LogP contribution in [-0.2, 0) is 10.0 Å². The molecule has 7 heteroatoms. The van der Waals surface area contributed by atoms with Crippen LogP contribution < -0.4 is 14.9 Å². The number of hydrogen-bond donors (Lipinski definition) is 2. The van der Waals surface area contributed by atoms with Crippen molar-refractivity contribution < 1.29 is 13.2 Å². The second-order valence-electron chi connectivity index (χ2n) is 7.40. The van der Waals surface area contributed by atoms with Gasteiger partial charge in [0.2, 0.25) is 10.0 Å². The van der Waals surface area contributed by atoms with E-state index < -0.39 is 15.6 Å². The fourth-order valence-electron chi connectivity index (χ4n) is 2.46. The zero-order chi connectivity index (χ0) is 20.2. The first-order valence-corrected chi connectivity index (χ1v) is 10.3. The van der Waals surface area contributed by atoms with Crippen LogP contribution >= 0.6 is 0 Å². The minimum atomic E-state index is -3.67. The molecule has 146 valence electrons. The molecule has 0 heterocycles. The van der Waals surface area contributed by atoms with E-state index in [9.17, 15) is 13.2 Å². The molecule has 2 rings (SSSR count). The van der Waals surface area contributed by atoms with Crippen LogP contribution in [0, 0.1) is 0 Å². The molecule has 6 nitrogen and oxygen atoms in total. The molecule has 0 atom stereocenters. The van der Waals surface area contributed by atoms with Crippen LogP contribution in [-0.4, -0.2) is 33.5 Å². The average molecular weight is 390 g/mol. The summed E-state index contributed by atoms with van der Waals surface area (Å²) in [5.41, 5.74) is 1.36. The Labute approximate surface area is 161 Å². The summed E-state index contributed by atoms with van der Waals surface area (Å²) in [4.78, 5) is 14.6. The average Bonchev–Trinajstić information content (AvgIpc) is 2.59. The SMILES string of the molecule is CCN(C)c1ccc(C(=O)Nc2cccc(S(=O)(=O)NC(C)(C)C)c2)cc1. The molecule has 0 aromatic heterocycles. The van der Waals surface area contributed by atoms with Crippen LogP contribution in [0.4, 0.5) is 11.4 Å². The van der Waals surface area contributed by atoms with Crippen molar-refractivity contribution in [2.24, 2.45) is 0 Å². The van der Waals surface area contributed by atoms with Gasteiger partial charge in [-0.2, -0.15) is 0 Å². The highest BCUT2D eigenvalue weighted by Crippen LogP contribution is 2.19. The van der Waals surface area contributed by atoms with Gasteiger partial charge in [0.05, 0.1) is 4.90 Å². The van der Waals surface area contributed by atoms with E-state index >= 15 is 0 Å². The monoisotopic (exact) mass is 389 g/mol. The Hall–Kier alpha value is -2.38. The fraction of sp³-hybridized carbons (Fsp3) is 0.350. The van der Waals surface area contributed by atoms with Gasteiger partial charge in [-0.1, -0.05) is 6.07 Å². The summed E-state index contributed by atoms with van der Waals surface area (Å²) in [7, 11) is -1.69. The lowest BCUT2D eigenvalue weighted by Crippen LogP contribution is -2.40. The summed E-state index contributed by atoms with van der Waals surface area (Å²) in [5, 5.41) is 2.75. The molecule has 0 fully saturated rings. The van der Waals surface area contributed by atoms with Gasteiger partial charge in [-0.05, 0) is 70.2 Å². The van der Waals surface area contributed by atoms with Gasteiger partial charge in [0.15, 0.2) is 0 Å². The number of nitrogens with one attached hydrogen (secondary N) is 2. The number of nitrogens with zero attached hydrogens (tertiary/aromatic N) is 1. The van der Waals surface area contributed by atoms with Crippen molar-refractivity contribution in [3.8, 4) is 0 Å². The molecule has 0 spiro atoms. The van der Waals surface area contributed by atoms with Crippen molar-refractivity contribution >= 4 is 27.3 Å². The molecule has 2 N–H and O–H groups in total. The Balaban J connectivity index is 2.17. The number of sulfonamides is 1. The van der Waals surface area contributed by atoms with Crippen LogP contribution in [0.25, 0.3) is 0 Å². The molecule has 0 saturated heterocycles. The molecule has 0 aliphatic heterocycles. The number of rotatable bonds is 6. The maximum Gasteiger partial charge on any atom is 0.255 e. The third kappa shape index (κ3) is 5.80. The molecule has 0 saturated carbocycles. The number of benzene rings is 2. The molecular weight excluding hydrogens is 362 g/mol. The topological polar surface area (TPSA) is 78.5 Å². The van der Waals surface area contributed by atoms with Gasteiger partial charge >= 0.3 is 0 Å². The van der Waals surface area contributed by atoms with E-state index in [1.165, 1.54) is 12.1 Å². The summed E-state index contributed by atoms with van der Waals surface area (Å²) in [6.45, 7) is 8.24. The van der Waals surface area contributed by atoms with E-state index in [4.69, 9.17) is 0 Å². The van der Waals surface area contributed by atoms with E-state index in [1.807, 2.05) is 19.2 Å². The lowest BCUT2D eigenvalue weighted by atomic mass is 10.1. The molecule has 27 heavy (non-hydrogen) atoms. The summed E-state index contributed by atoms with van der Waals surface area (Å²) in [6, 6.07) is 13.5. The predicted molar refractivity (Wildman–Crippen MR) is 110 cm³/mol. The molecule has 2 aromatic carbocycles. The lowest BCUT2D eigenvalue weighted by molar-refractivity contribution is 0.102. The summed E-state index contributed by atoms with van der Waals surface area (Å²) in [6.07, 6.45) is 0. The Morgan fingerprint density at radius 3 is 2.26 bits per heavy atom. The van der Waals surface area contributed by atoms with Gasteiger partial charge in [-0.25, -0.2) is 13.1 Å². The first kappa shape index (κ1) is 20.9. The maximum absolute atomic E-state index is 12.5. The van der Waals surface area contributed by atoms with Gasteiger partial charge in [-0.3, -0.25) is 4.79 Å². The zero-order valence-electron chi connectivity index (χ0n) is 16.4. The minimum absolute atomic E-state index is 0.107. The standard InChI is InChI=1S/C20H27N3O3S/c1-6-23(5)17-12-10-15(11-13-17)19(24)21-16-8-7-9-18(14-16)27(25,26)22-20(2,3)4/h7-14,22H,6H2,1-5H3,(H,21,24). The number of amides is 1. The van der Waals surface area contributed by atoms with Crippen molar-refractivity contribution in [2.75, 3.05) is 23.8 Å². The second-order valence-corrected chi connectivity index (χ2v) is 9.08. The number of carbonyl (C=O) groups excluding carboxylic acids is 1. The summed E-state index contributed by atoms with van der Waals surface area (Å²) in [5.74, 6) is -0.293. The van der Waals surface area contributed by atoms with Crippen molar-refractivity contribution in [2.45, 2.75) is 38.1 Å². The van der Waals surface area contributed by atoms with E-state index in [0.717, 1.165) is 12.2 Å². The highest BCUT2D eigenvalue weighted by molar-refractivity contribution is 7.89. The summed E-state index contributed by atoms with van der Waals surface area (Å²) < 4.78 is 27.5. The van der Waals surface area contributed by atoms with Crippen molar-refractivity contribution in [3.63, 3.8) is 0 Å². The minimum Gasteiger partial charge on any atom is -0.375 e. The Bertz CT molecular complexity index is 901. The van der Waals surface area contributed by atoms with E-state index in [-0.39, 0.29) is 10.8 Å². The molecule has 2 aromatic rings. The van der Waals surface area contributed by atoms with Crippen LogP contribution in [0.1, 0.15) is 38.1 Å². The highest BCUT2D eigenvalue weighted by Gasteiger charge is 2.22. The molecular formula is C20H27N3O3S. The molecule has 1 amide bonds. The molecule has 0 bridgehead atoms. The molecule has 0 aliphatic carbocycles. The Morgan fingerprint density at radius 2 is 1.70 bits per heavy atom. The van der Waals surface area contributed by atoms with Gasteiger partial charge in [0, 0.05) is 36.1 Å². The van der Waals surface area contributed by atoms with Crippen LogP contribution in [0.15, 0.2) is 53.4 Å². The van der Waals surface area contributed by atoms with Crippen LogP contribution in [0.5, 0.6) is 0 Å². The third-order valence-electron chi connectivity index (χ3n) is 3.89. The number of anilines is 2. The van der Waals surface area contributed by atoms with Gasteiger partial charge in [0.1, 0.15) is 0 Å². The zero-order valence-corrected chi connectivity index (χ0v) is 17.2. The maximum atomic E-state index is 12.5. The number of carbonyl (C=O) groups is 1. The van der Waals surface area contributed by atoms with Crippen molar-refractivity contribution in [1.29, 1.82) is 0 Å². The molecule has 0 radical (unpaired) electrons. The van der Waals surface area contributed by atoms with E-state index in [0.29, 0.717) is 11.3 Å². The van der Waals surface area contributed by atoms with E-state index in [2.05, 4.69) is 21.9 Å². The molecule has 0 aliphatic rings. The Morgan fingerprint density at radius 1 is 1.07 bits per heavy atom. The van der Waals surface area contributed by atoms with Crippen LogP contribution in [0.3, 0.4) is 0 Å². The normalized spacial score (nSPS) is 11.9. The van der Waals surface area contributed by atoms with Gasteiger partial charge in [0.25, 0.3) is 5.91 Å². The highest BCUT2D eigenvalue weighted by atomic mass is 32.2. The summed E-state index contributed by atoms with van der Waals surface area (Å²) >= 11 is 0. The smallest absolute Gasteiger partial charge is 0.255 e. The second kappa shape index (κ2) is 8.10. The van der Waals surface area contributed by atoms with Crippen molar-refractivity contribution in [3.05, 3.63) is 54.1 Å². The first-order valence-electron chi connectivity index (χ1n) is 8.78. The van der Waals surface area contributed by atoms with Crippen LogP contribution in [0.2, 0.25) is 0 Å². The quantitative estimate of drug-likeness (QED) is 0.793. The largest absolute Gasteiger partial charge is 0.375 e. The predicted octanol–water partition coefficient (Wildman–Crippen LogP) is 3.47. The Kier molecular flexibility index (Phi) is 6.28. The number of hydrogen-bond acceptors (Lipinski definition) is 4. The molecule has 0 unspecified atom stereocenters. The lowest BCUT2D eigenvalue weighted by Gasteiger charge is -2.20. The van der Waals surface area contributed by atoms with Crippen molar-refractivity contribution in [1.82, 2.24) is 4.72 Å². The fourth-order valence-corrected chi connectivity index (χ4v) is 3.92. The van der Waals surface area contributed by atoms with E-state index in [1.54, 1.807) is 45.0 Å². The van der Waals surface area contributed by atoms with Gasteiger partial charge in [-0.15, -0.1) is 0 Å². The third-order valence-corrected chi connectivity index (χ3v) is 5.64. The van der Waals surface area contributed by atoms with Gasteiger partial charge < -0.3 is 10.2 Å².